The zero-order valence-corrected chi connectivity index (χ0v) is 12.8. The lowest BCUT2D eigenvalue weighted by atomic mass is 10.2. The van der Waals surface area contributed by atoms with Crippen LogP contribution in [0.1, 0.15) is 31.1 Å². The molecular formula is C15H20N2O5. The maximum Gasteiger partial charge on any atom is 0.338 e. The minimum absolute atomic E-state index is 0.274. The fourth-order valence-electron chi connectivity index (χ4n) is 1.46. The quantitative estimate of drug-likeness (QED) is 0.774. The minimum Gasteiger partial charge on any atom is -0.493 e. The molecular weight excluding hydrogens is 288 g/mol. The van der Waals surface area contributed by atoms with E-state index in [1.54, 1.807) is 12.1 Å². The van der Waals surface area contributed by atoms with Gasteiger partial charge in [-0.25, -0.2) is 9.59 Å². The zero-order chi connectivity index (χ0) is 16.7. The number of esters is 1. The molecule has 0 radical (unpaired) electrons. The first-order valence-corrected chi connectivity index (χ1v) is 6.83. The van der Waals surface area contributed by atoms with Crippen LogP contribution in [-0.4, -0.2) is 30.6 Å². The normalized spacial score (nSPS) is 11.6. The molecule has 0 unspecified atom stereocenters. The highest BCUT2D eigenvalue weighted by molar-refractivity contribution is 5.98. The number of amides is 3. The van der Waals surface area contributed by atoms with Crippen LogP contribution in [0.25, 0.3) is 0 Å². The predicted molar refractivity (Wildman–Crippen MR) is 79.4 cm³/mol. The number of primary amides is 1. The van der Waals surface area contributed by atoms with Crippen LogP contribution in [0.4, 0.5) is 4.79 Å². The van der Waals surface area contributed by atoms with E-state index in [1.807, 2.05) is 19.2 Å². The lowest BCUT2D eigenvalue weighted by Gasteiger charge is -2.12. The van der Waals surface area contributed by atoms with E-state index in [1.165, 1.54) is 19.1 Å². The van der Waals surface area contributed by atoms with Crippen molar-refractivity contribution in [1.29, 1.82) is 0 Å². The molecule has 0 saturated heterocycles. The third-order valence-corrected chi connectivity index (χ3v) is 2.57. The van der Waals surface area contributed by atoms with Crippen LogP contribution in [-0.2, 0) is 9.53 Å². The van der Waals surface area contributed by atoms with Gasteiger partial charge in [0.2, 0.25) is 0 Å². The molecule has 7 nitrogen and oxygen atoms in total. The molecule has 3 amide bonds. The van der Waals surface area contributed by atoms with Crippen molar-refractivity contribution in [2.45, 2.75) is 26.9 Å². The summed E-state index contributed by atoms with van der Waals surface area (Å²) in [5.74, 6) is -0.417. The summed E-state index contributed by atoms with van der Waals surface area (Å²) in [5.41, 5.74) is 5.09. The van der Waals surface area contributed by atoms with E-state index >= 15 is 0 Å². The van der Waals surface area contributed by atoms with E-state index in [9.17, 15) is 14.4 Å². The number of carbonyl (C=O) groups excluding carboxylic acids is 3. The molecule has 1 aromatic rings. The van der Waals surface area contributed by atoms with Gasteiger partial charge >= 0.3 is 12.0 Å². The molecule has 0 aliphatic rings. The second-order valence-electron chi connectivity index (χ2n) is 5.13. The molecule has 0 bridgehead atoms. The lowest BCUT2D eigenvalue weighted by Crippen LogP contribution is -2.42. The molecule has 0 aliphatic heterocycles. The molecule has 0 spiro atoms. The van der Waals surface area contributed by atoms with Crippen LogP contribution in [0.3, 0.4) is 0 Å². The SMILES string of the molecule is CC(C)COc1ccc(C(=O)O[C@H](C)C(=O)NC(N)=O)cc1. The van der Waals surface area contributed by atoms with Crippen molar-refractivity contribution >= 4 is 17.9 Å². The highest BCUT2D eigenvalue weighted by Gasteiger charge is 2.19. The Morgan fingerprint density at radius 3 is 2.23 bits per heavy atom. The molecule has 1 aromatic carbocycles. The van der Waals surface area contributed by atoms with E-state index in [-0.39, 0.29) is 5.56 Å². The van der Waals surface area contributed by atoms with Gasteiger partial charge in [-0.1, -0.05) is 13.8 Å². The number of hydrogen-bond donors (Lipinski definition) is 2. The number of rotatable bonds is 6. The Kier molecular flexibility index (Phi) is 6.37. The molecule has 0 aromatic heterocycles. The molecule has 22 heavy (non-hydrogen) atoms. The number of ether oxygens (including phenoxy) is 2. The second kappa shape index (κ2) is 8.02. The molecule has 0 heterocycles. The fourth-order valence-corrected chi connectivity index (χ4v) is 1.46. The first-order valence-electron chi connectivity index (χ1n) is 6.83. The highest BCUT2D eigenvalue weighted by Crippen LogP contribution is 2.14. The topological polar surface area (TPSA) is 108 Å². The maximum atomic E-state index is 11.9. The smallest absolute Gasteiger partial charge is 0.338 e. The van der Waals surface area contributed by atoms with E-state index in [4.69, 9.17) is 15.2 Å². The van der Waals surface area contributed by atoms with E-state index in [0.717, 1.165) is 0 Å². The van der Waals surface area contributed by atoms with Crippen molar-refractivity contribution in [3.63, 3.8) is 0 Å². The van der Waals surface area contributed by atoms with Gasteiger partial charge in [-0.05, 0) is 37.1 Å². The molecule has 120 valence electrons. The number of benzene rings is 1. The zero-order valence-electron chi connectivity index (χ0n) is 12.8. The molecule has 7 heteroatoms. The van der Waals surface area contributed by atoms with Gasteiger partial charge in [0.25, 0.3) is 5.91 Å². The van der Waals surface area contributed by atoms with E-state index in [0.29, 0.717) is 18.3 Å². The number of carbonyl (C=O) groups is 3. The van der Waals surface area contributed by atoms with Crippen LogP contribution < -0.4 is 15.8 Å². The molecule has 0 aliphatic carbocycles. The Balaban J connectivity index is 2.58. The molecule has 3 N–H and O–H groups in total. The summed E-state index contributed by atoms with van der Waals surface area (Å²) in [6.45, 7) is 5.99. The summed E-state index contributed by atoms with van der Waals surface area (Å²) in [5, 5.41) is 1.84. The lowest BCUT2D eigenvalue weighted by molar-refractivity contribution is -0.127. The van der Waals surface area contributed by atoms with Gasteiger partial charge in [0.15, 0.2) is 6.10 Å². The first-order chi connectivity index (χ1) is 10.3. The minimum atomic E-state index is -1.13. The van der Waals surface area contributed by atoms with E-state index in [2.05, 4.69) is 0 Å². The van der Waals surface area contributed by atoms with Crippen molar-refractivity contribution in [2.24, 2.45) is 11.7 Å². The molecule has 0 saturated carbocycles. The van der Waals surface area contributed by atoms with Gasteiger partial charge in [-0.15, -0.1) is 0 Å². The summed E-state index contributed by atoms with van der Waals surface area (Å²) in [4.78, 5) is 33.8. The van der Waals surface area contributed by atoms with Crippen LogP contribution in [0.2, 0.25) is 0 Å². The molecule has 0 fully saturated rings. The summed E-state index contributed by atoms with van der Waals surface area (Å²) in [6.07, 6.45) is -1.13. The third kappa shape index (κ3) is 5.82. The Bertz CT molecular complexity index is 539. The van der Waals surface area contributed by atoms with Crippen LogP contribution in [0, 0.1) is 5.92 Å². The van der Waals surface area contributed by atoms with Gasteiger partial charge in [0.05, 0.1) is 12.2 Å². The number of hydrogen-bond acceptors (Lipinski definition) is 5. The average molecular weight is 308 g/mol. The third-order valence-electron chi connectivity index (χ3n) is 2.57. The predicted octanol–water partition coefficient (Wildman–Crippen LogP) is 1.46. The van der Waals surface area contributed by atoms with Gasteiger partial charge in [-0.2, -0.15) is 0 Å². The summed E-state index contributed by atoms with van der Waals surface area (Å²) in [7, 11) is 0. The number of urea groups is 1. The standard InChI is InChI=1S/C15H20N2O5/c1-9(2)8-21-12-6-4-11(5-7-12)14(19)22-10(3)13(18)17-15(16)20/h4-7,9-10H,8H2,1-3H3,(H3,16,17,18,20)/t10-/m1/s1. The van der Waals surface area contributed by atoms with Crippen molar-refractivity contribution in [2.75, 3.05) is 6.61 Å². The summed E-state index contributed by atoms with van der Waals surface area (Å²) < 4.78 is 10.4. The number of imide groups is 1. The van der Waals surface area contributed by atoms with Gasteiger partial charge in [-0.3, -0.25) is 10.1 Å². The van der Waals surface area contributed by atoms with Crippen LogP contribution in [0.5, 0.6) is 5.75 Å². The van der Waals surface area contributed by atoms with Crippen LogP contribution in [0.15, 0.2) is 24.3 Å². The maximum absolute atomic E-state index is 11.9. The Labute approximate surface area is 128 Å². The van der Waals surface area contributed by atoms with Gasteiger partial charge in [0, 0.05) is 0 Å². The molecule has 1 atom stereocenters. The summed E-state index contributed by atoms with van der Waals surface area (Å²) >= 11 is 0. The number of nitrogens with two attached hydrogens (primary N) is 1. The van der Waals surface area contributed by atoms with Crippen molar-refractivity contribution in [1.82, 2.24) is 5.32 Å². The van der Waals surface area contributed by atoms with Gasteiger partial charge < -0.3 is 15.2 Å². The van der Waals surface area contributed by atoms with Crippen LogP contribution >= 0.6 is 0 Å². The summed E-state index contributed by atoms with van der Waals surface area (Å²) in [6, 6.07) is 5.37. The monoisotopic (exact) mass is 308 g/mol. The van der Waals surface area contributed by atoms with E-state index < -0.39 is 24.0 Å². The number of nitrogens with one attached hydrogen (secondary N) is 1. The highest BCUT2D eigenvalue weighted by atomic mass is 16.5. The first kappa shape index (κ1) is 17.5. The Morgan fingerprint density at radius 2 is 1.73 bits per heavy atom. The Morgan fingerprint density at radius 1 is 1.14 bits per heavy atom. The fraction of sp³-hybridized carbons (Fsp3) is 0.400. The second-order valence-corrected chi connectivity index (χ2v) is 5.13. The molecule has 1 rings (SSSR count). The largest absolute Gasteiger partial charge is 0.493 e. The Hall–Kier alpha value is -2.57. The van der Waals surface area contributed by atoms with Crippen molar-refractivity contribution < 1.29 is 23.9 Å². The van der Waals surface area contributed by atoms with Crippen molar-refractivity contribution in [3.8, 4) is 5.75 Å². The van der Waals surface area contributed by atoms with Gasteiger partial charge in [0.1, 0.15) is 5.75 Å². The average Bonchev–Trinajstić information content (AvgIpc) is 2.44. The van der Waals surface area contributed by atoms with Crippen molar-refractivity contribution in [3.05, 3.63) is 29.8 Å².